The van der Waals surface area contributed by atoms with Gasteiger partial charge in [-0.25, -0.2) is 9.97 Å². The third kappa shape index (κ3) is 4.80. The van der Waals surface area contributed by atoms with Gasteiger partial charge in [-0.1, -0.05) is 29.4 Å². The Hall–Kier alpha value is -5.11. The van der Waals surface area contributed by atoms with E-state index in [1.807, 2.05) is 120 Å². The first-order valence-electron chi connectivity index (χ1n) is 12.6. The van der Waals surface area contributed by atoms with Crippen LogP contribution in [0.3, 0.4) is 0 Å². The number of benzene rings is 4. The molecule has 39 heavy (non-hydrogen) atoms. The van der Waals surface area contributed by atoms with E-state index < -0.39 is 0 Å². The molecule has 1 N–H and O–H groups in total. The predicted octanol–water partition coefficient (Wildman–Crippen LogP) is 5.84. The first-order chi connectivity index (χ1) is 19.1. The molecular formula is C31H27N5O3. The van der Waals surface area contributed by atoms with Crippen LogP contribution >= 0.6 is 0 Å². The summed E-state index contributed by atoms with van der Waals surface area (Å²) in [5.74, 6) is 3.09. The normalized spacial score (nSPS) is 11.1. The fourth-order valence-electron chi connectivity index (χ4n) is 4.64. The Morgan fingerprint density at radius 3 is 1.44 bits per heavy atom. The van der Waals surface area contributed by atoms with Crippen molar-refractivity contribution in [1.82, 2.24) is 19.1 Å². The van der Waals surface area contributed by atoms with E-state index >= 15 is 0 Å². The number of hydrogen-bond donors (Lipinski definition) is 1. The van der Waals surface area contributed by atoms with Crippen molar-refractivity contribution >= 4 is 27.8 Å². The van der Waals surface area contributed by atoms with E-state index in [0.717, 1.165) is 44.8 Å². The van der Waals surface area contributed by atoms with Gasteiger partial charge in [-0.15, -0.1) is 0 Å². The maximum Gasteiger partial charge on any atom is 0.147 e. The number of imidazole rings is 2. The molecule has 8 nitrogen and oxygen atoms in total. The molecule has 0 bridgehead atoms. The zero-order valence-electron chi connectivity index (χ0n) is 21.7. The van der Waals surface area contributed by atoms with Crippen LogP contribution in [0.1, 0.15) is 22.8 Å². The van der Waals surface area contributed by atoms with Gasteiger partial charge in [0.25, 0.3) is 0 Å². The van der Waals surface area contributed by atoms with Crippen LogP contribution in [0.15, 0.2) is 102 Å². The molecule has 0 amide bonds. The molecule has 2 aromatic heterocycles. The molecule has 6 aromatic rings. The summed E-state index contributed by atoms with van der Waals surface area (Å²) in [6.45, 7) is 0.697. The highest BCUT2D eigenvalue weighted by atomic mass is 16.5. The molecule has 0 spiro atoms. The SMILES string of the molecule is Cn1c(COc2ccc(C(=NO)c3ccc(OCc4nc5ccccc5n4C)cc3)cc2)nc2ccccc21. The second kappa shape index (κ2) is 10.3. The Balaban J connectivity index is 1.10. The first-order valence-corrected chi connectivity index (χ1v) is 12.6. The smallest absolute Gasteiger partial charge is 0.147 e. The van der Waals surface area contributed by atoms with Crippen molar-refractivity contribution in [2.45, 2.75) is 13.2 Å². The van der Waals surface area contributed by atoms with Crippen molar-refractivity contribution in [2.75, 3.05) is 0 Å². The number of para-hydroxylation sites is 4. The zero-order valence-corrected chi connectivity index (χ0v) is 21.7. The summed E-state index contributed by atoms with van der Waals surface area (Å²) in [6, 6.07) is 30.9. The molecule has 8 heteroatoms. The summed E-state index contributed by atoms with van der Waals surface area (Å²) in [4.78, 5) is 9.30. The number of hydrogen-bond acceptors (Lipinski definition) is 6. The van der Waals surface area contributed by atoms with Gasteiger partial charge in [0, 0.05) is 25.2 Å². The number of aromatic nitrogens is 4. The second-order valence-electron chi connectivity index (χ2n) is 9.23. The largest absolute Gasteiger partial charge is 0.486 e. The monoisotopic (exact) mass is 517 g/mol. The van der Waals surface area contributed by atoms with Crippen molar-refractivity contribution in [1.29, 1.82) is 0 Å². The third-order valence-corrected chi connectivity index (χ3v) is 6.85. The number of oxime groups is 1. The summed E-state index contributed by atoms with van der Waals surface area (Å²) >= 11 is 0. The zero-order chi connectivity index (χ0) is 26.8. The summed E-state index contributed by atoms with van der Waals surface area (Å²) in [7, 11) is 3.97. The summed E-state index contributed by atoms with van der Waals surface area (Å²) in [5.41, 5.74) is 6.01. The Labute approximate surface area is 225 Å². The number of aryl methyl sites for hydroxylation is 2. The van der Waals surface area contributed by atoms with Crippen molar-refractivity contribution < 1.29 is 14.7 Å². The molecule has 0 aliphatic rings. The Bertz CT molecular complexity index is 1650. The van der Waals surface area contributed by atoms with Crippen LogP contribution in [0, 0.1) is 0 Å². The minimum atomic E-state index is 0.348. The molecule has 0 saturated carbocycles. The van der Waals surface area contributed by atoms with E-state index in [-0.39, 0.29) is 0 Å². The maximum absolute atomic E-state index is 9.78. The maximum atomic E-state index is 9.78. The van der Waals surface area contributed by atoms with Crippen LogP contribution in [-0.4, -0.2) is 30.0 Å². The van der Waals surface area contributed by atoms with Crippen LogP contribution in [0.5, 0.6) is 11.5 Å². The highest BCUT2D eigenvalue weighted by Gasteiger charge is 2.12. The lowest BCUT2D eigenvalue weighted by molar-refractivity contribution is 0.292. The summed E-state index contributed by atoms with van der Waals surface area (Å²) in [6.07, 6.45) is 0. The molecular weight excluding hydrogens is 490 g/mol. The lowest BCUT2D eigenvalue weighted by Gasteiger charge is -2.10. The van der Waals surface area contributed by atoms with E-state index in [4.69, 9.17) is 9.47 Å². The van der Waals surface area contributed by atoms with Gasteiger partial charge < -0.3 is 23.8 Å². The van der Waals surface area contributed by atoms with Crippen molar-refractivity contribution in [2.24, 2.45) is 19.3 Å². The molecule has 0 unspecified atom stereocenters. The molecule has 0 saturated heterocycles. The second-order valence-corrected chi connectivity index (χ2v) is 9.23. The van der Waals surface area contributed by atoms with Gasteiger partial charge in [-0.2, -0.15) is 0 Å². The minimum Gasteiger partial charge on any atom is -0.486 e. The number of rotatable bonds is 8. The van der Waals surface area contributed by atoms with Gasteiger partial charge in [0.1, 0.15) is 42.1 Å². The highest BCUT2D eigenvalue weighted by molar-refractivity contribution is 6.12. The van der Waals surface area contributed by atoms with Gasteiger partial charge in [-0.05, 0) is 72.8 Å². The highest BCUT2D eigenvalue weighted by Crippen LogP contribution is 2.22. The molecule has 4 aromatic carbocycles. The molecule has 0 aliphatic heterocycles. The van der Waals surface area contributed by atoms with Crippen LogP contribution in [0.25, 0.3) is 22.1 Å². The quantitative estimate of drug-likeness (QED) is 0.156. The van der Waals surface area contributed by atoms with E-state index in [2.05, 4.69) is 15.1 Å². The Kier molecular flexibility index (Phi) is 6.42. The molecule has 2 heterocycles. The standard InChI is InChI=1S/C31H27N5O3/c1-35-27-9-5-3-7-25(27)32-29(35)19-38-23-15-11-21(12-16-23)31(34-37)22-13-17-24(18-14-22)39-20-30-33-26-8-4-6-10-28(26)36(30)2/h3-18,37H,19-20H2,1-2H3. The lowest BCUT2D eigenvalue weighted by Crippen LogP contribution is -2.06. The minimum absolute atomic E-state index is 0.348. The van der Waals surface area contributed by atoms with Gasteiger partial charge >= 0.3 is 0 Å². The van der Waals surface area contributed by atoms with E-state index in [1.54, 1.807) is 0 Å². The molecule has 0 fully saturated rings. The number of fused-ring (bicyclic) bond motifs is 2. The average molecular weight is 518 g/mol. The van der Waals surface area contributed by atoms with Gasteiger partial charge in [0.2, 0.25) is 0 Å². The van der Waals surface area contributed by atoms with E-state index in [1.165, 1.54) is 0 Å². The number of ether oxygens (including phenoxy) is 2. The van der Waals surface area contributed by atoms with Crippen LogP contribution in [0.4, 0.5) is 0 Å². The fraction of sp³-hybridized carbons (Fsp3) is 0.129. The van der Waals surface area contributed by atoms with Crippen LogP contribution in [-0.2, 0) is 27.3 Å². The molecule has 0 aliphatic carbocycles. The van der Waals surface area contributed by atoms with Crippen molar-refractivity contribution in [3.05, 3.63) is 120 Å². The van der Waals surface area contributed by atoms with Gasteiger partial charge in [0.15, 0.2) is 0 Å². The van der Waals surface area contributed by atoms with Gasteiger partial charge in [-0.3, -0.25) is 0 Å². The van der Waals surface area contributed by atoms with E-state index in [9.17, 15) is 5.21 Å². The van der Waals surface area contributed by atoms with E-state index in [0.29, 0.717) is 30.4 Å². The summed E-state index contributed by atoms with van der Waals surface area (Å²) in [5, 5.41) is 13.3. The molecule has 6 rings (SSSR count). The lowest BCUT2D eigenvalue weighted by atomic mass is 10.0. The summed E-state index contributed by atoms with van der Waals surface area (Å²) < 4.78 is 16.0. The average Bonchev–Trinajstić information content (AvgIpc) is 3.48. The molecule has 0 atom stereocenters. The Morgan fingerprint density at radius 2 is 1.05 bits per heavy atom. The fourth-order valence-corrected chi connectivity index (χ4v) is 4.64. The number of nitrogens with zero attached hydrogens (tertiary/aromatic N) is 5. The first kappa shape index (κ1) is 24.2. The molecule has 0 radical (unpaired) electrons. The topological polar surface area (TPSA) is 86.7 Å². The Morgan fingerprint density at radius 1 is 0.641 bits per heavy atom. The predicted molar refractivity (Wildman–Crippen MR) is 150 cm³/mol. The third-order valence-electron chi connectivity index (χ3n) is 6.85. The van der Waals surface area contributed by atoms with Crippen molar-refractivity contribution in [3.63, 3.8) is 0 Å². The molecule has 194 valence electrons. The van der Waals surface area contributed by atoms with Crippen LogP contribution < -0.4 is 9.47 Å². The van der Waals surface area contributed by atoms with Gasteiger partial charge in [0.05, 0.1) is 22.1 Å². The van der Waals surface area contributed by atoms with Crippen molar-refractivity contribution in [3.8, 4) is 11.5 Å². The van der Waals surface area contributed by atoms with Crippen LogP contribution in [0.2, 0.25) is 0 Å².